The molecule has 1 N–H and O–H groups in total. The molecule has 0 radical (unpaired) electrons. The third kappa shape index (κ3) is 2.03. The summed E-state index contributed by atoms with van der Waals surface area (Å²) in [6, 6.07) is 4.95. The summed E-state index contributed by atoms with van der Waals surface area (Å²) in [5, 5.41) is 23.0. The molecule has 2 rings (SSSR count). The number of halogens is 1. The minimum Gasteiger partial charge on any atom is -0.476 e. The van der Waals surface area contributed by atoms with Crippen LogP contribution in [0.5, 0.6) is 0 Å². The van der Waals surface area contributed by atoms with E-state index in [2.05, 4.69) is 5.10 Å². The number of aromatic nitrogens is 2. The monoisotopic (exact) mass is 251 g/mol. The van der Waals surface area contributed by atoms with Gasteiger partial charge in [0, 0.05) is 0 Å². The van der Waals surface area contributed by atoms with Crippen LogP contribution in [0.3, 0.4) is 0 Å². The molecule has 2 aromatic rings. The van der Waals surface area contributed by atoms with E-state index in [1.807, 2.05) is 0 Å². The van der Waals surface area contributed by atoms with Gasteiger partial charge in [0.15, 0.2) is 0 Å². The zero-order valence-corrected chi connectivity index (χ0v) is 8.78. The fourth-order valence-electron chi connectivity index (χ4n) is 1.38. The van der Waals surface area contributed by atoms with Gasteiger partial charge in [-0.1, -0.05) is 0 Å². The summed E-state index contributed by atoms with van der Waals surface area (Å²) >= 11 is 0. The highest BCUT2D eigenvalue weighted by atomic mass is 19.1. The molecule has 0 fully saturated rings. The molecule has 1 aromatic heterocycles. The summed E-state index contributed by atoms with van der Waals surface area (Å²) in [5.74, 6) is -1.97. The van der Waals surface area contributed by atoms with Crippen LogP contribution in [0, 0.1) is 15.9 Å². The number of benzene rings is 1. The lowest BCUT2D eigenvalue weighted by molar-refractivity contribution is -0.385. The van der Waals surface area contributed by atoms with E-state index in [1.165, 1.54) is 12.1 Å². The molecule has 0 saturated carbocycles. The number of carboxylic acid groups (broad SMARTS) is 1. The predicted molar refractivity (Wildman–Crippen MR) is 57.1 cm³/mol. The van der Waals surface area contributed by atoms with Gasteiger partial charge in [0.1, 0.15) is 12.0 Å². The Kier molecular flexibility index (Phi) is 2.76. The Morgan fingerprint density at radius 1 is 1.39 bits per heavy atom. The first-order valence-corrected chi connectivity index (χ1v) is 4.72. The maximum Gasteiger partial charge on any atom is 0.363 e. The molecule has 92 valence electrons. The van der Waals surface area contributed by atoms with E-state index >= 15 is 0 Å². The molecule has 0 spiro atoms. The molecule has 0 aliphatic heterocycles. The Morgan fingerprint density at radius 3 is 2.44 bits per heavy atom. The largest absolute Gasteiger partial charge is 0.476 e. The van der Waals surface area contributed by atoms with Gasteiger partial charge in [-0.3, -0.25) is 10.1 Å². The van der Waals surface area contributed by atoms with Gasteiger partial charge in [-0.2, -0.15) is 5.10 Å². The Bertz CT molecular complexity index is 589. The highest BCUT2D eigenvalue weighted by molar-refractivity contribution is 5.89. The molecule has 0 saturated heterocycles. The van der Waals surface area contributed by atoms with Crippen molar-refractivity contribution < 1.29 is 19.2 Å². The minimum atomic E-state index is -1.50. The molecular formula is C10H6FN3O4. The fourth-order valence-corrected chi connectivity index (χ4v) is 1.38. The van der Waals surface area contributed by atoms with Gasteiger partial charge in [-0.15, -0.1) is 0 Å². The van der Waals surface area contributed by atoms with E-state index in [-0.39, 0.29) is 0 Å². The molecule has 1 aromatic carbocycles. The third-order valence-electron chi connectivity index (χ3n) is 2.19. The predicted octanol–water partition coefficient (Wildman–Crippen LogP) is 1.62. The molecule has 18 heavy (non-hydrogen) atoms. The molecule has 0 aliphatic rings. The molecule has 0 aliphatic carbocycles. The molecule has 0 amide bonds. The topological polar surface area (TPSA) is 98.3 Å². The lowest BCUT2D eigenvalue weighted by Crippen LogP contribution is -2.02. The van der Waals surface area contributed by atoms with E-state index in [1.54, 1.807) is 0 Å². The molecule has 1 heterocycles. The Balaban J connectivity index is 2.53. The number of nitro groups is 1. The second-order valence-electron chi connectivity index (χ2n) is 3.35. The van der Waals surface area contributed by atoms with Crippen molar-refractivity contribution in [2.45, 2.75) is 0 Å². The molecule has 0 bridgehead atoms. The van der Waals surface area contributed by atoms with Crippen LogP contribution >= 0.6 is 0 Å². The highest BCUT2D eigenvalue weighted by Crippen LogP contribution is 2.19. The summed E-state index contributed by atoms with van der Waals surface area (Å²) in [6.45, 7) is 0. The van der Waals surface area contributed by atoms with Crippen molar-refractivity contribution >= 4 is 11.7 Å². The van der Waals surface area contributed by atoms with Crippen LogP contribution in [-0.2, 0) is 0 Å². The van der Waals surface area contributed by atoms with Crippen LogP contribution in [0.1, 0.15) is 10.5 Å². The highest BCUT2D eigenvalue weighted by Gasteiger charge is 2.25. The molecule has 7 nitrogen and oxygen atoms in total. The number of hydrogen-bond acceptors (Lipinski definition) is 4. The SMILES string of the molecule is O=C(O)c1nn(-c2ccc(F)cc2)cc1[N+](=O)[O-]. The molecule has 0 atom stereocenters. The van der Waals surface area contributed by atoms with Gasteiger partial charge in [0.25, 0.3) is 0 Å². The second kappa shape index (κ2) is 4.24. The number of carboxylic acids is 1. The van der Waals surface area contributed by atoms with Crippen LogP contribution in [0.2, 0.25) is 0 Å². The smallest absolute Gasteiger partial charge is 0.363 e. The summed E-state index contributed by atoms with van der Waals surface area (Å²) in [7, 11) is 0. The van der Waals surface area contributed by atoms with E-state index in [9.17, 15) is 19.3 Å². The van der Waals surface area contributed by atoms with Crippen molar-refractivity contribution in [3.63, 3.8) is 0 Å². The summed E-state index contributed by atoms with van der Waals surface area (Å²) in [4.78, 5) is 20.6. The van der Waals surface area contributed by atoms with E-state index in [0.717, 1.165) is 23.0 Å². The van der Waals surface area contributed by atoms with E-state index < -0.39 is 28.1 Å². The van der Waals surface area contributed by atoms with Crippen molar-refractivity contribution in [2.75, 3.05) is 0 Å². The normalized spacial score (nSPS) is 10.3. The molecule has 0 unspecified atom stereocenters. The minimum absolute atomic E-state index is 0.326. The first kappa shape index (κ1) is 11.7. The summed E-state index contributed by atoms with van der Waals surface area (Å²) in [6.07, 6.45) is 0.969. The standard InChI is InChI=1S/C10H6FN3O4/c11-6-1-3-7(4-2-6)13-5-8(14(17)18)9(12-13)10(15)16/h1-5H,(H,15,16). The van der Waals surface area contributed by atoms with Crippen LogP contribution in [0.15, 0.2) is 30.5 Å². The zero-order chi connectivity index (χ0) is 13.3. The molecular weight excluding hydrogens is 245 g/mol. The van der Waals surface area contributed by atoms with Crippen LogP contribution in [0.4, 0.5) is 10.1 Å². The fraction of sp³-hybridized carbons (Fsp3) is 0. The number of rotatable bonds is 3. The first-order chi connectivity index (χ1) is 8.49. The van der Waals surface area contributed by atoms with Crippen molar-refractivity contribution in [3.05, 3.63) is 52.1 Å². The zero-order valence-electron chi connectivity index (χ0n) is 8.78. The molecule has 8 heteroatoms. The number of nitrogens with zero attached hydrogens (tertiary/aromatic N) is 3. The Morgan fingerprint density at radius 2 is 2.00 bits per heavy atom. The van der Waals surface area contributed by atoms with Gasteiger partial charge in [-0.05, 0) is 24.3 Å². The van der Waals surface area contributed by atoms with Crippen LogP contribution in [0.25, 0.3) is 5.69 Å². The van der Waals surface area contributed by atoms with Crippen LogP contribution < -0.4 is 0 Å². The first-order valence-electron chi connectivity index (χ1n) is 4.72. The average Bonchev–Trinajstić information content (AvgIpc) is 2.75. The van der Waals surface area contributed by atoms with Crippen molar-refractivity contribution in [3.8, 4) is 5.69 Å². The third-order valence-corrected chi connectivity index (χ3v) is 2.19. The summed E-state index contributed by atoms with van der Waals surface area (Å²) in [5.41, 5.74) is -0.955. The lowest BCUT2D eigenvalue weighted by atomic mass is 10.3. The quantitative estimate of drug-likeness (QED) is 0.660. The van der Waals surface area contributed by atoms with Gasteiger partial charge in [0.05, 0.1) is 10.6 Å². The average molecular weight is 251 g/mol. The van der Waals surface area contributed by atoms with E-state index in [4.69, 9.17) is 5.11 Å². The van der Waals surface area contributed by atoms with Crippen molar-refractivity contribution in [1.82, 2.24) is 9.78 Å². The van der Waals surface area contributed by atoms with Gasteiger partial charge in [-0.25, -0.2) is 13.9 Å². The van der Waals surface area contributed by atoms with Crippen LogP contribution in [-0.4, -0.2) is 25.8 Å². The summed E-state index contributed by atoms with van der Waals surface area (Å²) < 4.78 is 13.7. The Labute approximate surface area is 99.2 Å². The second-order valence-corrected chi connectivity index (χ2v) is 3.35. The maximum atomic E-state index is 12.7. The number of carbonyl (C=O) groups is 1. The van der Waals surface area contributed by atoms with Gasteiger partial charge in [0.2, 0.25) is 5.69 Å². The number of aromatic carboxylic acids is 1. The Hall–Kier alpha value is -2.77. The lowest BCUT2D eigenvalue weighted by Gasteiger charge is -1.98. The van der Waals surface area contributed by atoms with Gasteiger partial charge < -0.3 is 5.11 Å². The maximum absolute atomic E-state index is 12.7. The van der Waals surface area contributed by atoms with Crippen molar-refractivity contribution in [1.29, 1.82) is 0 Å². The van der Waals surface area contributed by atoms with Crippen molar-refractivity contribution in [2.24, 2.45) is 0 Å². The number of hydrogen-bond donors (Lipinski definition) is 1. The van der Waals surface area contributed by atoms with E-state index in [0.29, 0.717) is 5.69 Å². The van der Waals surface area contributed by atoms with Gasteiger partial charge >= 0.3 is 11.7 Å².